The summed E-state index contributed by atoms with van der Waals surface area (Å²) in [6.07, 6.45) is 2.60. The maximum absolute atomic E-state index is 5.76. The summed E-state index contributed by atoms with van der Waals surface area (Å²) >= 11 is 0. The molecule has 7 heteroatoms. The highest BCUT2D eigenvalue weighted by Gasteiger charge is 2.32. The molecule has 7 nitrogen and oxygen atoms in total. The molecule has 1 aromatic rings. The van der Waals surface area contributed by atoms with Gasteiger partial charge in [-0.15, -0.1) is 0 Å². The molecule has 0 atom stereocenters. The van der Waals surface area contributed by atoms with Crippen LogP contribution < -0.4 is 20.1 Å². The van der Waals surface area contributed by atoms with Crippen LogP contribution in [0, 0.1) is 0 Å². The van der Waals surface area contributed by atoms with Gasteiger partial charge in [0, 0.05) is 46.3 Å². The molecule has 1 heterocycles. The van der Waals surface area contributed by atoms with Crippen molar-refractivity contribution in [3.63, 3.8) is 0 Å². The summed E-state index contributed by atoms with van der Waals surface area (Å²) in [6.45, 7) is 5.72. The third kappa shape index (κ3) is 6.29. The SMILES string of the molecule is CCNC(=NCC1(OC)CCOCC1)NCCc1ccc(OC)c(OC)c1. The molecule has 0 amide bonds. The number of ether oxygens (including phenoxy) is 4. The predicted octanol–water partition coefficient (Wildman–Crippen LogP) is 2.00. The molecule has 1 aliphatic rings. The van der Waals surface area contributed by atoms with Crippen LogP contribution in [0.1, 0.15) is 25.3 Å². The fourth-order valence-electron chi connectivity index (χ4n) is 3.10. The van der Waals surface area contributed by atoms with E-state index in [-0.39, 0.29) is 5.60 Å². The molecule has 2 N–H and O–H groups in total. The van der Waals surface area contributed by atoms with Gasteiger partial charge >= 0.3 is 0 Å². The van der Waals surface area contributed by atoms with Gasteiger partial charge < -0.3 is 29.6 Å². The zero-order chi connectivity index (χ0) is 19.5. The highest BCUT2D eigenvalue weighted by molar-refractivity contribution is 5.79. The van der Waals surface area contributed by atoms with E-state index in [1.165, 1.54) is 5.56 Å². The molecule has 1 aromatic carbocycles. The number of aliphatic imine (C=N–C) groups is 1. The Morgan fingerprint density at radius 1 is 1.11 bits per heavy atom. The standard InChI is InChI=1S/C20H33N3O4/c1-5-21-19(23-15-20(26-4)9-12-27-13-10-20)22-11-8-16-6-7-17(24-2)18(14-16)25-3/h6-7,14H,5,8-13,15H2,1-4H3,(H2,21,22,23). The smallest absolute Gasteiger partial charge is 0.191 e. The minimum absolute atomic E-state index is 0.218. The van der Waals surface area contributed by atoms with E-state index in [0.717, 1.165) is 63.0 Å². The van der Waals surface area contributed by atoms with Crippen molar-refractivity contribution in [1.82, 2.24) is 10.6 Å². The highest BCUT2D eigenvalue weighted by Crippen LogP contribution is 2.27. The summed E-state index contributed by atoms with van der Waals surface area (Å²) in [5.41, 5.74) is 0.957. The monoisotopic (exact) mass is 379 g/mol. The van der Waals surface area contributed by atoms with Gasteiger partial charge in [-0.25, -0.2) is 0 Å². The molecule has 2 rings (SSSR count). The zero-order valence-electron chi connectivity index (χ0n) is 17.0. The van der Waals surface area contributed by atoms with E-state index < -0.39 is 0 Å². The Kier molecular flexibility index (Phi) is 8.67. The predicted molar refractivity (Wildman–Crippen MR) is 107 cm³/mol. The average molecular weight is 380 g/mol. The summed E-state index contributed by atoms with van der Waals surface area (Å²) < 4.78 is 21.9. The summed E-state index contributed by atoms with van der Waals surface area (Å²) in [5, 5.41) is 6.69. The molecule has 27 heavy (non-hydrogen) atoms. The number of benzene rings is 1. The maximum atomic E-state index is 5.76. The van der Waals surface area contributed by atoms with Crippen molar-refractivity contribution in [2.24, 2.45) is 4.99 Å². The summed E-state index contributed by atoms with van der Waals surface area (Å²) in [6, 6.07) is 5.99. The summed E-state index contributed by atoms with van der Waals surface area (Å²) in [7, 11) is 5.06. The van der Waals surface area contributed by atoms with Gasteiger partial charge in [-0.05, 0) is 31.0 Å². The van der Waals surface area contributed by atoms with E-state index >= 15 is 0 Å². The third-order valence-corrected chi connectivity index (χ3v) is 4.86. The third-order valence-electron chi connectivity index (χ3n) is 4.86. The second-order valence-electron chi connectivity index (χ2n) is 6.56. The van der Waals surface area contributed by atoms with Gasteiger partial charge in [0.15, 0.2) is 17.5 Å². The quantitative estimate of drug-likeness (QED) is 0.505. The van der Waals surface area contributed by atoms with E-state index in [9.17, 15) is 0 Å². The van der Waals surface area contributed by atoms with Crippen LogP contribution in [-0.2, 0) is 15.9 Å². The van der Waals surface area contributed by atoms with Gasteiger partial charge in [-0.2, -0.15) is 0 Å². The van der Waals surface area contributed by atoms with E-state index in [0.29, 0.717) is 6.54 Å². The summed E-state index contributed by atoms with van der Waals surface area (Å²) in [4.78, 5) is 4.74. The first kappa shape index (κ1) is 21.3. The minimum atomic E-state index is -0.218. The molecule has 152 valence electrons. The normalized spacial score (nSPS) is 16.7. The van der Waals surface area contributed by atoms with Gasteiger partial charge in [0.2, 0.25) is 0 Å². The molecule has 1 fully saturated rings. The van der Waals surface area contributed by atoms with Crippen LogP contribution in [0.2, 0.25) is 0 Å². The van der Waals surface area contributed by atoms with Crippen molar-refractivity contribution >= 4 is 5.96 Å². The van der Waals surface area contributed by atoms with E-state index in [1.54, 1.807) is 21.3 Å². The van der Waals surface area contributed by atoms with Gasteiger partial charge in [0.25, 0.3) is 0 Å². The first-order valence-corrected chi connectivity index (χ1v) is 9.52. The summed E-state index contributed by atoms with van der Waals surface area (Å²) in [5.74, 6) is 2.29. The van der Waals surface area contributed by atoms with Crippen molar-refractivity contribution in [3.8, 4) is 11.5 Å². The Labute approximate surface area is 162 Å². The van der Waals surface area contributed by atoms with Crippen molar-refractivity contribution in [2.75, 3.05) is 54.2 Å². The van der Waals surface area contributed by atoms with Crippen molar-refractivity contribution in [1.29, 1.82) is 0 Å². The number of nitrogens with zero attached hydrogens (tertiary/aromatic N) is 1. The van der Waals surface area contributed by atoms with Crippen LogP contribution >= 0.6 is 0 Å². The van der Waals surface area contributed by atoms with Gasteiger partial charge in [0.05, 0.1) is 26.4 Å². The van der Waals surface area contributed by atoms with Crippen LogP contribution in [0.5, 0.6) is 11.5 Å². The Bertz CT molecular complexity index is 601. The molecule has 0 saturated carbocycles. The van der Waals surface area contributed by atoms with Gasteiger partial charge in [-0.3, -0.25) is 4.99 Å². The van der Waals surface area contributed by atoms with E-state index in [1.807, 2.05) is 12.1 Å². The minimum Gasteiger partial charge on any atom is -0.493 e. The number of nitrogens with one attached hydrogen (secondary N) is 2. The molecule has 0 radical (unpaired) electrons. The Balaban J connectivity index is 1.92. The van der Waals surface area contributed by atoms with Crippen LogP contribution in [-0.4, -0.2) is 65.7 Å². The average Bonchev–Trinajstić information content (AvgIpc) is 2.72. The van der Waals surface area contributed by atoms with Crippen molar-refractivity contribution < 1.29 is 18.9 Å². The molecule has 0 aromatic heterocycles. The highest BCUT2D eigenvalue weighted by atomic mass is 16.5. The van der Waals surface area contributed by atoms with Crippen LogP contribution in [0.3, 0.4) is 0 Å². The lowest BCUT2D eigenvalue weighted by molar-refractivity contribution is -0.0828. The Hall–Kier alpha value is -1.99. The van der Waals surface area contributed by atoms with Gasteiger partial charge in [0.1, 0.15) is 0 Å². The first-order valence-electron chi connectivity index (χ1n) is 9.52. The second kappa shape index (κ2) is 11.0. The zero-order valence-corrected chi connectivity index (χ0v) is 17.0. The number of rotatable bonds is 9. The molecule has 0 bridgehead atoms. The fraction of sp³-hybridized carbons (Fsp3) is 0.650. The van der Waals surface area contributed by atoms with Crippen LogP contribution in [0.15, 0.2) is 23.2 Å². The first-order chi connectivity index (χ1) is 13.2. The Morgan fingerprint density at radius 2 is 1.85 bits per heavy atom. The largest absolute Gasteiger partial charge is 0.493 e. The number of hydrogen-bond acceptors (Lipinski definition) is 5. The molecule has 1 saturated heterocycles. The van der Waals surface area contributed by atoms with Crippen LogP contribution in [0.25, 0.3) is 0 Å². The molecular formula is C20H33N3O4. The van der Waals surface area contributed by atoms with Crippen molar-refractivity contribution in [2.45, 2.75) is 31.8 Å². The molecule has 0 unspecified atom stereocenters. The molecular weight excluding hydrogens is 346 g/mol. The fourth-order valence-corrected chi connectivity index (χ4v) is 3.10. The van der Waals surface area contributed by atoms with Gasteiger partial charge in [-0.1, -0.05) is 6.07 Å². The van der Waals surface area contributed by atoms with Crippen LogP contribution in [0.4, 0.5) is 0 Å². The lowest BCUT2D eigenvalue weighted by atomic mass is 9.94. The lowest BCUT2D eigenvalue weighted by Crippen LogP contribution is -2.44. The maximum Gasteiger partial charge on any atom is 0.191 e. The number of methoxy groups -OCH3 is 3. The van der Waals surface area contributed by atoms with E-state index in [4.69, 9.17) is 23.9 Å². The number of guanidine groups is 1. The number of hydrogen-bond donors (Lipinski definition) is 2. The topological polar surface area (TPSA) is 73.3 Å². The molecule has 0 spiro atoms. The Morgan fingerprint density at radius 3 is 2.48 bits per heavy atom. The van der Waals surface area contributed by atoms with E-state index in [2.05, 4.69) is 23.6 Å². The second-order valence-corrected chi connectivity index (χ2v) is 6.56. The lowest BCUT2D eigenvalue weighted by Gasteiger charge is -2.34. The molecule has 0 aliphatic carbocycles. The molecule has 1 aliphatic heterocycles. The van der Waals surface area contributed by atoms with Crippen molar-refractivity contribution in [3.05, 3.63) is 23.8 Å².